The Bertz CT molecular complexity index is 588. The van der Waals surface area contributed by atoms with Gasteiger partial charge in [-0.3, -0.25) is 0 Å². The topological polar surface area (TPSA) is 12.0 Å². The molecule has 20 heavy (non-hydrogen) atoms. The van der Waals surface area contributed by atoms with Crippen molar-refractivity contribution in [2.45, 2.75) is 19.4 Å². The number of nitrogens with one attached hydrogen (secondary N) is 1. The molecule has 1 atom stereocenters. The first-order chi connectivity index (χ1) is 9.60. The lowest BCUT2D eigenvalue weighted by atomic mass is 9.98. The Morgan fingerprint density at radius 2 is 2.05 bits per heavy atom. The van der Waals surface area contributed by atoms with Crippen LogP contribution >= 0.6 is 34.2 Å². The van der Waals surface area contributed by atoms with Crippen molar-refractivity contribution >= 4 is 34.2 Å². The quantitative estimate of drug-likeness (QED) is 0.695. The second-order valence-electron chi connectivity index (χ2n) is 4.61. The summed E-state index contributed by atoms with van der Waals surface area (Å²) in [6, 6.07) is 13.1. The molecule has 106 valence electrons. The monoisotopic (exact) mass is 403 g/mol. The molecule has 2 aromatic rings. The van der Waals surface area contributed by atoms with Crippen molar-refractivity contribution in [2.75, 3.05) is 6.54 Å². The Labute approximate surface area is 137 Å². The van der Waals surface area contributed by atoms with Crippen LogP contribution in [0.25, 0.3) is 0 Å². The Kier molecular flexibility index (Phi) is 5.81. The summed E-state index contributed by atoms with van der Waals surface area (Å²) in [6.45, 7) is 2.88. The van der Waals surface area contributed by atoms with E-state index in [1.165, 1.54) is 9.64 Å². The zero-order valence-corrected chi connectivity index (χ0v) is 14.1. The minimum atomic E-state index is -0.206. The summed E-state index contributed by atoms with van der Waals surface area (Å²) >= 11 is 8.25. The fourth-order valence-electron chi connectivity index (χ4n) is 2.20. The van der Waals surface area contributed by atoms with Gasteiger partial charge in [0.15, 0.2) is 0 Å². The zero-order chi connectivity index (χ0) is 14.5. The van der Waals surface area contributed by atoms with Crippen molar-refractivity contribution in [3.63, 3.8) is 0 Å². The van der Waals surface area contributed by atoms with E-state index in [1.807, 2.05) is 12.1 Å². The molecule has 2 rings (SSSR count). The van der Waals surface area contributed by atoms with Crippen LogP contribution in [0.4, 0.5) is 4.39 Å². The van der Waals surface area contributed by atoms with Crippen molar-refractivity contribution < 1.29 is 4.39 Å². The van der Waals surface area contributed by atoms with Crippen LogP contribution in [-0.4, -0.2) is 6.54 Å². The molecule has 0 amide bonds. The maximum atomic E-state index is 13.9. The van der Waals surface area contributed by atoms with Crippen LogP contribution in [0.15, 0.2) is 42.5 Å². The molecule has 0 fully saturated rings. The highest BCUT2D eigenvalue weighted by atomic mass is 127. The fraction of sp³-hybridized carbons (Fsp3) is 0.250. The van der Waals surface area contributed by atoms with Crippen molar-refractivity contribution in [3.8, 4) is 0 Å². The van der Waals surface area contributed by atoms with Gasteiger partial charge in [-0.25, -0.2) is 4.39 Å². The SMILES string of the molecule is CCNC(Cc1cc(Cl)ccc1F)c1cccc(I)c1. The van der Waals surface area contributed by atoms with Gasteiger partial charge in [0.2, 0.25) is 0 Å². The third-order valence-electron chi connectivity index (χ3n) is 3.13. The van der Waals surface area contributed by atoms with Crippen molar-refractivity contribution in [3.05, 3.63) is 68.0 Å². The van der Waals surface area contributed by atoms with Gasteiger partial charge in [-0.05, 0) is 77.0 Å². The molecule has 0 bridgehead atoms. The lowest BCUT2D eigenvalue weighted by Crippen LogP contribution is -2.23. The van der Waals surface area contributed by atoms with E-state index in [-0.39, 0.29) is 11.9 Å². The van der Waals surface area contributed by atoms with Gasteiger partial charge in [0.1, 0.15) is 5.82 Å². The summed E-state index contributed by atoms with van der Waals surface area (Å²) in [4.78, 5) is 0. The Morgan fingerprint density at radius 1 is 1.25 bits per heavy atom. The molecule has 0 heterocycles. The second-order valence-corrected chi connectivity index (χ2v) is 6.29. The Morgan fingerprint density at radius 3 is 2.75 bits per heavy atom. The van der Waals surface area contributed by atoms with Crippen LogP contribution in [0.5, 0.6) is 0 Å². The molecule has 0 aliphatic heterocycles. The van der Waals surface area contributed by atoms with Crippen LogP contribution in [0.3, 0.4) is 0 Å². The molecule has 0 radical (unpaired) electrons. The maximum absolute atomic E-state index is 13.9. The lowest BCUT2D eigenvalue weighted by Gasteiger charge is -2.19. The van der Waals surface area contributed by atoms with Gasteiger partial charge in [0.05, 0.1) is 0 Å². The van der Waals surface area contributed by atoms with Crippen LogP contribution in [-0.2, 0) is 6.42 Å². The highest BCUT2D eigenvalue weighted by molar-refractivity contribution is 14.1. The van der Waals surface area contributed by atoms with Gasteiger partial charge in [-0.15, -0.1) is 0 Å². The van der Waals surface area contributed by atoms with Gasteiger partial charge in [-0.1, -0.05) is 30.7 Å². The van der Waals surface area contributed by atoms with Crippen LogP contribution < -0.4 is 5.32 Å². The van der Waals surface area contributed by atoms with Crippen LogP contribution in [0, 0.1) is 9.39 Å². The summed E-state index contributed by atoms with van der Waals surface area (Å²) in [7, 11) is 0. The molecule has 1 nitrogen and oxygen atoms in total. The highest BCUT2D eigenvalue weighted by Gasteiger charge is 2.14. The predicted octanol–water partition coefficient (Wildman–Crippen LogP) is 4.98. The standard InChI is InChI=1S/C16H16ClFIN/c1-2-20-16(11-4-3-5-14(19)9-11)10-12-8-13(17)6-7-15(12)18/h3-9,16,20H,2,10H2,1H3. The summed E-state index contributed by atoms with van der Waals surface area (Å²) in [5.41, 5.74) is 1.81. The van der Waals surface area contributed by atoms with E-state index in [0.29, 0.717) is 17.0 Å². The Balaban J connectivity index is 2.27. The molecule has 0 spiro atoms. The number of benzene rings is 2. The third kappa shape index (κ3) is 4.17. The number of halogens is 3. The third-order valence-corrected chi connectivity index (χ3v) is 4.04. The van der Waals surface area contributed by atoms with E-state index >= 15 is 0 Å². The molecule has 0 saturated heterocycles. The van der Waals surface area contributed by atoms with E-state index in [0.717, 1.165) is 12.1 Å². The summed E-state index contributed by atoms with van der Waals surface area (Å²) in [5, 5.41) is 3.98. The molecule has 0 saturated carbocycles. The second kappa shape index (κ2) is 7.38. The zero-order valence-electron chi connectivity index (χ0n) is 11.2. The van der Waals surface area contributed by atoms with Crippen molar-refractivity contribution in [2.24, 2.45) is 0 Å². The summed E-state index contributed by atoms with van der Waals surface area (Å²) in [5.74, 6) is -0.206. The van der Waals surface area contributed by atoms with Gasteiger partial charge >= 0.3 is 0 Å². The highest BCUT2D eigenvalue weighted by Crippen LogP contribution is 2.23. The Hall–Kier alpha value is -0.650. The molecular weight excluding hydrogens is 388 g/mol. The largest absolute Gasteiger partial charge is 0.310 e. The molecule has 2 aromatic carbocycles. The average Bonchev–Trinajstić information content (AvgIpc) is 2.42. The minimum Gasteiger partial charge on any atom is -0.310 e. The molecule has 1 unspecified atom stereocenters. The number of rotatable bonds is 5. The first-order valence-corrected chi connectivity index (χ1v) is 7.98. The van der Waals surface area contributed by atoms with E-state index < -0.39 is 0 Å². The summed E-state index contributed by atoms with van der Waals surface area (Å²) in [6.07, 6.45) is 0.584. The summed E-state index contributed by atoms with van der Waals surface area (Å²) < 4.78 is 15.1. The minimum absolute atomic E-state index is 0.0858. The number of hydrogen-bond acceptors (Lipinski definition) is 1. The molecule has 4 heteroatoms. The van der Waals surface area contributed by atoms with Gasteiger partial charge < -0.3 is 5.32 Å². The van der Waals surface area contributed by atoms with Crippen molar-refractivity contribution in [1.29, 1.82) is 0 Å². The molecule has 1 N–H and O–H groups in total. The maximum Gasteiger partial charge on any atom is 0.126 e. The van der Waals surface area contributed by atoms with Gasteiger partial charge in [0, 0.05) is 14.6 Å². The van der Waals surface area contributed by atoms with Crippen molar-refractivity contribution in [1.82, 2.24) is 5.32 Å². The van der Waals surface area contributed by atoms with Crippen LogP contribution in [0.2, 0.25) is 5.02 Å². The molecule has 0 aromatic heterocycles. The lowest BCUT2D eigenvalue weighted by molar-refractivity contribution is 0.528. The molecular formula is C16H16ClFIN. The average molecular weight is 404 g/mol. The first-order valence-electron chi connectivity index (χ1n) is 6.53. The van der Waals surface area contributed by atoms with Gasteiger partial charge in [-0.2, -0.15) is 0 Å². The van der Waals surface area contributed by atoms with E-state index in [2.05, 4.69) is 47.0 Å². The molecule has 0 aliphatic carbocycles. The van der Waals surface area contributed by atoms with E-state index in [9.17, 15) is 4.39 Å². The smallest absolute Gasteiger partial charge is 0.126 e. The molecule has 0 aliphatic rings. The number of hydrogen-bond donors (Lipinski definition) is 1. The normalized spacial score (nSPS) is 12.4. The first kappa shape index (κ1) is 15.7. The predicted molar refractivity (Wildman–Crippen MR) is 90.7 cm³/mol. The van der Waals surface area contributed by atoms with Gasteiger partial charge in [0.25, 0.3) is 0 Å². The van der Waals surface area contributed by atoms with Crippen LogP contribution in [0.1, 0.15) is 24.1 Å². The van der Waals surface area contributed by atoms with E-state index in [4.69, 9.17) is 11.6 Å². The number of likely N-dealkylation sites (N-methyl/N-ethyl adjacent to an activating group) is 1. The fourth-order valence-corrected chi connectivity index (χ4v) is 2.96. The van der Waals surface area contributed by atoms with E-state index in [1.54, 1.807) is 12.1 Å².